The van der Waals surface area contributed by atoms with Crippen molar-refractivity contribution in [2.24, 2.45) is 5.92 Å². The van der Waals surface area contributed by atoms with Crippen molar-refractivity contribution in [3.63, 3.8) is 0 Å². The third kappa shape index (κ3) is 4.04. The number of rotatable bonds is 5. The van der Waals surface area contributed by atoms with Gasteiger partial charge >= 0.3 is 0 Å². The number of halogens is 3. The van der Waals surface area contributed by atoms with Gasteiger partial charge in [-0.25, -0.2) is 13.2 Å². The van der Waals surface area contributed by atoms with Gasteiger partial charge in [0.1, 0.15) is 17.5 Å². The smallest absolute Gasteiger partial charge is 0.134 e. The zero-order valence-electron chi connectivity index (χ0n) is 10.0. The van der Waals surface area contributed by atoms with E-state index in [4.69, 9.17) is 0 Å². The van der Waals surface area contributed by atoms with Crippen molar-refractivity contribution in [2.75, 3.05) is 0 Å². The summed E-state index contributed by atoms with van der Waals surface area (Å²) >= 11 is 0. The minimum absolute atomic E-state index is 0.275. The van der Waals surface area contributed by atoms with E-state index in [1.54, 1.807) is 0 Å². The molecular weight excluding hydrogens is 229 g/mol. The first kappa shape index (κ1) is 14.0. The summed E-state index contributed by atoms with van der Waals surface area (Å²) in [7, 11) is 0. The molecule has 1 aromatic carbocycles. The molecule has 0 fully saturated rings. The average molecular weight is 246 g/mol. The normalized spacial score (nSPS) is 13.1. The lowest BCUT2D eigenvalue weighted by Crippen LogP contribution is -2.05. The average Bonchev–Trinajstić information content (AvgIpc) is 2.14. The molecule has 96 valence electrons. The van der Waals surface area contributed by atoms with Gasteiger partial charge in [0.25, 0.3) is 0 Å². The van der Waals surface area contributed by atoms with Crippen LogP contribution < -0.4 is 0 Å². The maximum atomic E-state index is 13.3. The van der Waals surface area contributed by atoms with Crippen LogP contribution in [0.15, 0.2) is 12.1 Å². The summed E-state index contributed by atoms with van der Waals surface area (Å²) in [6, 6.07) is 1.17. The second-order valence-corrected chi connectivity index (χ2v) is 4.62. The highest BCUT2D eigenvalue weighted by atomic mass is 19.1. The van der Waals surface area contributed by atoms with E-state index < -0.39 is 29.1 Å². The molecule has 0 spiro atoms. The molecule has 0 aliphatic heterocycles. The Morgan fingerprint density at radius 1 is 1.06 bits per heavy atom. The molecule has 17 heavy (non-hydrogen) atoms. The van der Waals surface area contributed by atoms with Crippen LogP contribution in [-0.4, -0.2) is 5.11 Å². The van der Waals surface area contributed by atoms with Crippen LogP contribution in [0.3, 0.4) is 0 Å². The second kappa shape index (κ2) is 6.05. The summed E-state index contributed by atoms with van der Waals surface area (Å²) in [6.07, 6.45) is 0.614. The molecule has 1 unspecified atom stereocenters. The molecule has 1 atom stereocenters. The van der Waals surface area contributed by atoms with Gasteiger partial charge in [0.15, 0.2) is 0 Å². The zero-order chi connectivity index (χ0) is 13.0. The molecule has 0 aliphatic carbocycles. The van der Waals surface area contributed by atoms with E-state index >= 15 is 0 Å². The first-order valence-corrected chi connectivity index (χ1v) is 5.74. The van der Waals surface area contributed by atoms with Gasteiger partial charge in [0, 0.05) is 12.1 Å². The van der Waals surface area contributed by atoms with Crippen molar-refractivity contribution in [1.29, 1.82) is 0 Å². The summed E-state index contributed by atoms with van der Waals surface area (Å²) in [5.74, 6) is -2.55. The van der Waals surface area contributed by atoms with Crippen molar-refractivity contribution >= 4 is 0 Å². The minimum atomic E-state index is -1.21. The van der Waals surface area contributed by atoms with Crippen LogP contribution in [0.5, 0.6) is 0 Å². The summed E-state index contributed by atoms with van der Waals surface area (Å²) in [6.45, 7) is 4.07. The first-order valence-electron chi connectivity index (χ1n) is 5.74. The summed E-state index contributed by atoms with van der Waals surface area (Å²) < 4.78 is 39.3. The Morgan fingerprint density at radius 2 is 1.59 bits per heavy atom. The Kier molecular flexibility index (Phi) is 5.00. The molecule has 1 aromatic rings. The fourth-order valence-electron chi connectivity index (χ4n) is 1.74. The molecule has 0 aliphatic rings. The van der Waals surface area contributed by atoms with Crippen molar-refractivity contribution in [1.82, 2.24) is 0 Å². The van der Waals surface area contributed by atoms with Gasteiger partial charge in [-0.1, -0.05) is 26.7 Å². The first-order chi connectivity index (χ1) is 7.91. The molecule has 0 saturated carbocycles. The van der Waals surface area contributed by atoms with E-state index in [1.807, 2.05) is 13.8 Å². The highest BCUT2D eigenvalue weighted by molar-refractivity contribution is 5.23. The Balaban J connectivity index is 2.72. The van der Waals surface area contributed by atoms with Crippen LogP contribution in [0.1, 0.15) is 44.8 Å². The Labute approximate surface area is 99.3 Å². The third-order valence-electron chi connectivity index (χ3n) is 2.64. The topological polar surface area (TPSA) is 20.2 Å². The zero-order valence-corrected chi connectivity index (χ0v) is 10.0. The van der Waals surface area contributed by atoms with Gasteiger partial charge in [-0.05, 0) is 12.3 Å². The maximum absolute atomic E-state index is 13.3. The van der Waals surface area contributed by atoms with Crippen LogP contribution in [-0.2, 0) is 0 Å². The summed E-state index contributed by atoms with van der Waals surface area (Å²) in [5.41, 5.74) is -0.435. The van der Waals surface area contributed by atoms with E-state index in [0.29, 0.717) is 24.5 Å². The molecule has 0 heterocycles. The number of benzene rings is 1. The highest BCUT2D eigenvalue weighted by Gasteiger charge is 2.19. The molecule has 0 bridgehead atoms. The van der Waals surface area contributed by atoms with Crippen LogP contribution in [0.4, 0.5) is 13.2 Å². The van der Waals surface area contributed by atoms with Gasteiger partial charge in [0.05, 0.1) is 11.7 Å². The highest BCUT2D eigenvalue weighted by Crippen LogP contribution is 2.26. The van der Waals surface area contributed by atoms with E-state index in [2.05, 4.69) is 0 Å². The van der Waals surface area contributed by atoms with Crippen molar-refractivity contribution in [2.45, 2.75) is 39.2 Å². The van der Waals surface area contributed by atoms with Gasteiger partial charge in [-0.15, -0.1) is 0 Å². The largest absolute Gasteiger partial charge is 0.388 e. The predicted molar refractivity (Wildman–Crippen MR) is 60.0 cm³/mol. The molecule has 1 rings (SSSR count). The Hall–Kier alpha value is -1.03. The van der Waals surface area contributed by atoms with Crippen LogP contribution in [0.25, 0.3) is 0 Å². The molecule has 4 heteroatoms. The quantitative estimate of drug-likeness (QED) is 0.833. The molecule has 0 amide bonds. The fraction of sp³-hybridized carbons (Fsp3) is 0.538. The Bertz CT molecular complexity index is 354. The SMILES string of the molecule is CC(C)CCCC(O)c1c(F)cc(F)cc1F. The van der Waals surface area contributed by atoms with Crippen LogP contribution in [0.2, 0.25) is 0 Å². The van der Waals surface area contributed by atoms with E-state index in [1.165, 1.54) is 0 Å². The molecule has 1 N–H and O–H groups in total. The van der Waals surface area contributed by atoms with E-state index in [9.17, 15) is 18.3 Å². The predicted octanol–water partition coefficient (Wildman–Crippen LogP) is 3.96. The van der Waals surface area contributed by atoms with Gasteiger partial charge in [-0.2, -0.15) is 0 Å². The maximum Gasteiger partial charge on any atom is 0.134 e. The monoisotopic (exact) mass is 246 g/mol. The van der Waals surface area contributed by atoms with E-state index in [0.717, 1.165) is 6.42 Å². The van der Waals surface area contributed by atoms with Crippen LogP contribution in [0, 0.1) is 23.4 Å². The molecule has 0 saturated heterocycles. The lowest BCUT2D eigenvalue weighted by atomic mass is 9.99. The number of hydrogen-bond donors (Lipinski definition) is 1. The van der Waals surface area contributed by atoms with Crippen molar-refractivity contribution < 1.29 is 18.3 Å². The van der Waals surface area contributed by atoms with Crippen molar-refractivity contribution in [3.05, 3.63) is 35.1 Å². The van der Waals surface area contributed by atoms with Gasteiger partial charge in [0.2, 0.25) is 0 Å². The van der Waals surface area contributed by atoms with E-state index in [-0.39, 0.29) is 6.42 Å². The van der Waals surface area contributed by atoms with Gasteiger partial charge in [-0.3, -0.25) is 0 Å². The fourth-order valence-corrected chi connectivity index (χ4v) is 1.74. The third-order valence-corrected chi connectivity index (χ3v) is 2.64. The number of hydrogen-bond acceptors (Lipinski definition) is 1. The van der Waals surface area contributed by atoms with Crippen molar-refractivity contribution in [3.8, 4) is 0 Å². The van der Waals surface area contributed by atoms with Crippen LogP contribution >= 0.6 is 0 Å². The summed E-state index contributed by atoms with van der Waals surface area (Å²) in [5, 5.41) is 9.68. The number of aliphatic hydroxyl groups is 1. The summed E-state index contributed by atoms with van der Waals surface area (Å²) in [4.78, 5) is 0. The van der Waals surface area contributed by atoms with Gasteiger partial charge < -0.3 is 5.11 Å². The Morgan fingerprint density at radius 3 is 2.06 bits per heavy atom. The molecular formula is C13H17F3O. The second-order valence-electron chi connectivity index (χ2n) is 4.62. The lowest BCUT2D eigenvalue weighted by molar-refractivity contribution is 0.152. The molecule has 1 nitrogen and oxygen atoms in total. The minimum Gasteiger partial charge on any atom is -0.388 e. The number of aliphatic hydroxyl groups excluding tert-OH is 1. The lowest BCUT2D eigenvalue weighted by Gasteiger charge is -2.13. The standard InChI is InChI=1S/C13H17F3O/c1-8(2)4-3-5-12(17)13-10(15)6-9(14)7-11(13)16/h6-8,12,17H,3-5H2,1-2H3. The molecule has 0 radical (unpaired) electrons. The molecule has 0 aromatic heterocycles.